The quantitative estimate of drug-likeness (QED) is 0.379. The third kappa shape index (κ3) is 6.75. The van der Waals surface area contributed by atoms with Crippen LogP contribution >= 0.6 is 23.8 Å². The van der Waals surface area contributed by atoms with Crippen LogP contribution in [0.2, 0.25) is 5.02 Å². The van der Waals surface area contributed by atoms with Crippen LogP contribution in [0.15, 0.2) is 77.8 Å². The lowest BCUT2D eigenvalue weighted by atomic mass is 10.0. The number of morpholine rings is 1. The molecule has 1 amide bonds. The topological polar surface area (TPSA) is 69.2 Å². The number of benzene rings is 3. The van der Waals surface area contributed by atoms with E-state index in [1.165, 1.54) is 17.0 Å². The van der Waals surface area contributed by atoms with Gasteiger partial charge in [0.2, 0.25) is 6.17 Å². The van der Waals surface area contributed by atoms with E-state index >= 15 is 0 Å². The molecule has 2 aliphatic heterocycles. The molecule has 5 rings (SSSR count). The van der Waals surface area contributed by atoms with Gasteiger partial charge in [0.15, 0.2) is 5.11 Å². The van der Waals surface area contributed by atoms with Gasteiger partial charge < -0.3 is 20.3 Å². The van der Waals surface area contributed by atoms with E-state index in [9.17, 15) is 18.0 Å². The molecule has 1 fully saturated rings. The number of benzodiazepines with no additional fused rings is 1. The van der Waals surface area contributed by atoms with Crippen LogP contribution in [-0.4, -0.2) is 67.7 Å². The predicted molar refractivity (Wildman–Crippen MR) is 161 cm³/mol. The molecule has 42 heavy (non-hydrogen) atoms. The zero-order valence-electron chi connectivity index (χ0n) is 22.7. The first-order valence-electron chi connectivity index (χ1n) is 13.4. The number of thiocarbonyl (C=S) groups is 1. The SMILES string of the molecule is CN1C(=O)C(NC(=S)NCC(c2ccc(C(F)(F)F)cc2)N2CCOCC2)N=C(c2ccccc2)c2cc(Cl)ccc21. The minimum absolute atomic E-state index is 0.187. The maximum absolute atomic E-state index is 13.5. The van der Waals surface area contributed by atoms with Crippen LogP contribution in [0.5, 0.6) is 0 Å². The Bertz CT molecular complexity index is 1460. The average molecular weight is 616 g/mol. The van der Waals surface area contributed by atoms with E-state index in [4.69, 9.17) is 33.5 Å². The van der Waals surface area contributed by atoms with Gasteiger partial charge in [0, 0.05) is 42.8 Å². The molecule has 0 radical (unpaired) electrons. The Morgan fingerprint density at radius 2 is 1.79 bits per heavy atom. The number of hydrogen-bond donors (Lipinski definition) is 2. The van der Waals surface area contributed by atoms with Crippen LogP contribution in [0.3, 0.4) is 0 Å². The van der Waals surface area contributed by atoms with E-state index in [1.807, 2.05) is 30.3 Å². The highest BCUT2D eigenvalue weighted by Gasteiger charge is 2.32. The van der Waals surface area contributed by atoms with Crippen molar-refractivity contribution in [2.24, 2.45) is 4.99 Å². The number of rotatable bonds is 6. The number of alkyl halides is 3. The summed E-state index contributed by atoms with van der Waals surface area (Å²) in [6.45, 7) is 2.56. The number of fused-ring (bicyclic) bond motifs is 1. The van der Waals surface area contributed by atoms with Crippen LogP contribution < -0.4 is 15.5 Å². The van der Waals surface area contributed by atoms with Gasteiger partial charge in [0.1, 0.15) is 0 Å². The van der Waals surface area contributed by atoms with Crippen molar-refractivity contribution in [2.45, 2.75) is 18.4 Å². The van der Waals surface area contributed by atoms with Crippen molar-refractivity contribution in [3.05, 3.63) is 100 Å². The maximum Gasteiger partial charge on any atom is 0.416 e. The Morgan fingerprint density at radius 3 is 2.45 bits per heavy atom. The molecule has 0 bridgehead atoms. The lowest BCUT2D eigenvalue weighted by Gasteiger charge is -2.35. The van der Waals surface area contributed by atoms with Crippen molar-refractivity contribution >= 4 is 46.2 Å². The molecule has 0 spiro atoms. The summed E-state index contributed by atoms with van der Waals surface area (Å²) in [5.74, 6) is -0.318. The minimum atomic E-state index is -4.42. The van der Waals surface area contributed by atoms with E-state index in [0.29, 0.717) is 60.4 Å². The number of halogens is 4. The molecule has 1 saturated heterocycles. The molecule has 7 nitrogen and oxygen atoms in total. The highest BCUT2D eigenvalue weighted by molar-refractivity contribution is 7.80. The number of aliphatic imine (C=N–C) groups is 1. The number of carbonyl (C=O) groups excluding carboxylic acids is 1. The van der Waals surface area contributed by atoms with Gasteiger partial charge in [-0.1, -0.05) is 54.1 Å². The largest absolute Gasteiger partial charge is 0.416 e. The van der Waals surface area contributed by atoms with Crippen molar-refractivity contribution in [2.75, 3.05) is 44.8 Å². The molecular formula is C30H29ClF3N5O2S. The smallest absolute Gasteiger partial charge is 0.379 e. The summed E-state index contributed by atoms with van der Waals surface area (Å²) in [5, 5.41) is 6.91. The number of amides is 1. The van der Waals surface area contributed by atoms with Crippen molar-refractivity contribution < 1.29 is 22.7 Å². The Morgan fingerprint density at radius 1 is 1.10 bits per heavy atom. The summed E-state index contributed by atoms with van der Waals surface area (Å²) in [6.07, 6.45) is -5.46. The number of ether oxygens (including phenoxy) is 1. The van der Waals surface area contributed by atoms with Crippen molar-refractivity contribution in [1.29, 1.82) is 0 Å². The normalized spacial score (nSPS) is 18.5. The summed E-state index contributed by atoms with van der Waals surface area (Å²) in [7, 11) is 1.67. The summed E-state index contributed by atoms with van der Waals surface area (Å²) in [6, 6.07) is 19.6. The number of nitrogens with zero attached hydrogens (tertiary/aromatic N) is 3. The van der Waals surface area contributed by atoms with Gasteiger partial charge in [0.25, 0.3) is 5.91 Å². The van der Waals surface area contributed by atoms with E-state index < -0.39 is 17.9 Å². The molecule has 0 saturated carbocycles. The van der Waals surface area contributed by atoms with Crippen LogP contribution in [-0.2, 0) is 15.7 Å². The van der Waals surface area contributed by atoms with E-state index in [0.717, 1.165) is 17.7 Å². The minimum Gasteiger partial charge on any atom is -0.379 e. The van der Waals surface area contributed by atoms with E-state index in [2.05, 4.69) is 15.5 Å². The second-order valence-corrected chi connectivity index (χ2v) is 10.8. The number of nitrogens with one attached hydrogen (secondary N) is 2. The van der Waals surface area contributed by atoms with Crippen molar-refractivity contribution in [3.8, 4) is 0 Å². The third-order valence-electron chi connectivity index (χ3n) is 7.28. The summed E-state index contributed by atoms with van der Waals surface area (Å²) < 4.78 is 45.0. The summed E-state index contributed by atoms with van der Waals surface area (Å²) in [5.41, 5.74) is 2.77. The molecule has 0 aromatic heterocycles. The lowest BCUT2D eigenvalue weighted by molar-refractivity contribution is -0.137. The van der Waals surface area contributed by atoms with Gasteiger partial charge in [-0.15, -0.1) is 0 Å². The van der Waals surface area contributed by atoms with Gasteiger partial charge in [-0.2, -0.15) is 13.2 Å². The highest BCUT2D eigenvalue weighted by atomic mass is 35.5. The van der Waals surface area contributed by atoms with Gasteiger partial charge in [0.05, 0.1) is 36.2 Å². The van der Waals surface area contributed by atoms with E-state index in [-0.39, 0.29) is 17.1 Å². The van der Waals surface area contributed by atoms with Crippen LogP contribution in [0.25, 0.3) is 0 Å². The second kappa shape index (κ2) is 12.8. The third-order valence-corrected chi connectivity index (χ3v) is 7.78. The molecule has 2 unspecified atom stereocenters. The summed E-state index contributed by atoms with van der Waals surface area (Å²) >= 11 is 11.9. The molecule has 2 atom stereocenters. The predicted octanol–water partition coefficient (Wildman–Crippen LogP) is 5.04. The lowest BCUT2D eigenvalue weighted by Crippen LogP contribution is -2.51. The first-order chi connectivity index (χ1) is 20.1. The number of hydrogen-bond acceptors (Lipinski definition) is 5. The van der Waals surface area contributed by atoms with Crippen LogP contribution in [0.1, 0.15) is 28.3 Å². The van der Waals surface area contributed by atoms with Crippen molar-refractivity contribution in [3.63, 3.8) is 0 Å². The van der Waals surface area contributed by atoms with Crippen molar-refractivity contribution in [1.82, 2.24) is 15.5 Å². The zero-order chi connectivity index (χ0) is 29.9. The summed E-state index contributed by atoms with van der Waals surface area (Å²) in [4.78, 5) is 22.0. The Balaban J connectivity index is 1.37. The number of carbonyl (C=O) groups is 1. The molecule has 2 N–H and O–H groups in total. The van der Waals surface area contributed by atoms with Gasteiger partial charge in [-0.3, -0.25) is 9.69 Å². The molecule has 0 aliphatic carbocycles. The first-order valence-corrected chi connectivity index (χ1v) is 14.1. The second-order valence-electron chi connectivity index (χ2n) is 9.94. The van der Waals surface area contributed by atoms with Gasteiger partial charge >= 0.3 is 6.18 Å². The average Bonchev–Trinajstić information content (AvgIpc) is 3.08. The number of anilines is 1. The Labute approximate surface area is 252 Å². The van der Waals surface area contributed by atoms with Gasteiger partial charge in [-0.25, -0.2) is 4.99 Å². The standard InChI is InChI=1S/C30H29ClF3N5O2S/c1-38-24-12-11-22(31)17-23(24)26(20-5-3-2-4-6-20)36-27(28(38)40)37-29(42)35-18-25(39-13-15-41-16-14-39)19-7-9-21(10-8-19)30(32,33)34/h2-12,17,25,27H,13-16,18H2,1H3,(H2,35,37,42). The molecular weight excluding hydrogens is 587 g/mol. The molecule has 220 valence electrons. The van der Waals surface area contributed by atoms with Gasteiger partial charge in [-0.05, 0) is 48.1 Å². The zero-order valence-corrected chi connectivity index (χ0v) is 24.3. The molecule has 3 aromatic rings. The molecule has 12 heteroatoms. The first kappa shape index (κ1) is 30.0. The van der Waals surface area contributed by atoms with E-state index in [1.54, 1.807) is 25.2 Å². The van der Waals surface area contributed by atoms with Crippen LogP contribution in [0, 0.1) is 0 Å². The molecule has 2 heterocycles. The number of likely N-dealkylation sites (N-methyl/N-ethyl adjacent to an activating group) is 1. The Hall–Kier alpha value is -3.51. The maximum atomic E-state index is 13.5. The molecule has 3 aromatic carbocycles. The van der Waals surface area contributed by atoms with Crippen LogP contribution in [0.4, 0.5) is 18.9 Å². The fraction of sp³-hybridized carbons (Fsp3) is 0.300. The highest BCUT2D eigenvalue weighted by Crippen LogP contribution is 2.32. The Kier molecular flexibility index (Phi) is 9.12. The fourth-order valence-corrected chi connectivity index (χ4v) is 5.44. The fourth-order valence-electron chi connectivity index (χ4n) is 5.07. The monoisotopic (exact) mass is 615 g/mol. The molecule has 2 aliphatic rings.